The minimum absolute atomic E-state index is 0.170. The molecule has 0 spiro atoms. The van der Waals surface area contributed by atoms with E-state index >= 15 is 0 Å². The van der Waals surface area contributed by atoms with Gasteiger partial charge < -0.3 is 5.32 Å². The van der Waals surface area contributed by atoms with Crippen molar-refractivity contribution in [1.29, 1.82) is 0 Å². The lowest BCUT2D eigenvalue weighted by Gasteiger charge is -2.16. The van der Waals surface area contributed by atoms with Crippen LogP contribution in [-0.4, -0.2) is 17.9 Å². The van der Waals surface area contributed by atoms with Crippen LogP contribution in [0, 0.1) is 10.5 Å². The highest BCUT2D eigenvalue weighted by molar-refractivity contribution is 14.1. The molecule has 0 saturated carbocycles. The van der Waals surface area contributed by atoms with Crippen LogP contribution >= 0.6 is 22.6 Å². The van der Waals surface area contributed by atoms with Crippen molar-refractivity contribution in [3.8, 4) is 0 Å². The Morgan fingerprint density at radius 2 is 1.86 bits per heavy atom. The van der Waals surface area contributed by atoms with Gasteiger partial charge in [-0.05, 0) is 71.5 Å². The van der Waals surface area contributed by atoms with Crippen molar-refractivity contribution in [3.05, 3.63) is 57.7 Å². The fourth-order valence-corrected chi connectivity index (χ4v) is 2.90. The molecule has 1 heterocycles. The molecule has 1 aliphatic rings. The number of carbonyl (C=O) groups is 2. The summed E-state index contributed by atoms with van der Waals surface area (Å²) in [5.41, 5.74) is 2.59. The fraction of sp³-hybridized carbons (Fsp3) is 0.176. The second kappa shape index (κ2) is 6.08. The molecule has 0 unspecified atom stereocenters. The van der Waals surface area contributed by atoms with Crippen LogP contribution in [0.3, 0.4) is 0 Å². The van der Waals surface area contributed by atoms with Gasteiger partial charge in [0, 0.05) is 9.26 Å². The Balaban J connectivity index is 1.81. The van der Waals surface area contributed by atoms with Crippen LogP contribution in [0.15, 0.2) is 48.5 Å². The van der Waals surface area contributed by atoms with Crippen molar-refractivity contribution in [2.75, 3.05) is 10.2 Å². The Morgan fingerprint density at radius 3 is 2.55 bits per heavy atom. The molecule has 22 heavy (non-hydrogen) atoms. The third kappa shape index (κ3) is 2.99. The van der Waals surface area contributed by atoms with Crippen molar-refractivity contribution in [2.45, 2.75) is 19.4 Å². The molecule has 1 aliphatic heterocycles. The molecule has 112 valence electrons. The maximum Gasteiger partial charge on any atom is 0.256 e. The van der Waals surface area contributed by atoms with Crippen molar-refractivity contribution in [3.63, 3.8) is 0 Å². The smallest absolute Gasteiger partial charge is 0.256 e. The molecule has 0 aliphatic carbocycles. The molecule has 2 aromatic rings. The summed E-state index contributed by atoms with van der Waals surface area (Å²) in [4.78, 5) is 26.0. The van der Waals surface area contributed by atoms with Gasteiger partial charge in [0.25, 0.3) is 5.91 Å². The second-order valence-corrected chi connectivity index (χ2v) is 6.56. The van der Waals surface area contributed by atoms with Crippen LogP contribution in [0.5, 0.6) is 0 Å². The minimum Gasteiger partial charge on any atom is -0.373 e. The van der Waals surface area contributed by atoms with E-state index in [-0.39, 0.29) is 18.2 Å². The first-order valence-electron chi connectivity index (χ1n) is 7.00. The molecule has 3 rings (SSSR count). The Bertz CT molecular complexity index is 728. The second-order valence-electron chi connectivity index (χ2n) is 5.31. The van der Waals surface area contributed by atoms with E-state index in [1.54, 1.807) is 12.1 Å². The van der Waals surface area contributed by atoms with E-state index in [9.17, 15) is 9.59 Å². The zero-order valence-corrected chi connectivity index (χ0v) is 14.2. The van der Waals surface area contributed by atoms with E-state index in [1.165, 1.54) is 4.90 Å². The van der Waals surface area contributed by atoms with Crippen molar-refractivity contribution < 1.29 is 9.59 Å². The Kier molecular flexibility index (Phi) is 4.15. The molecule has 1 fully saturated rings. The molecule has 1 N–H and O–H groups in total. The summed E-state index contributed by atoms with van der Waals surface area (Å²) in [5.74, 6) is -0.371. The number of rotatable bonds is 3. The lowest BCUT2D eigenvalue weighted by atomic mass is 10.2. The predicted molar refractivity (Wildman–Crippen MR) is 94.9 cm³/mol. The van der Waals surface area contributed by atoms with Gasteiger partial charge in [0.05, 0.1) is 12.1 Å². The number of halogens is 1. The average Bonchev–Trinajstić information content (AvgIpc) is 2.75. The number of imide groups is 1. The van der Waals surface area contributed by atoms with Crippen LogP contribution in [0.2, 0.25) is 0 Å². The Morgan fingerprint density at radius 1 is 1.14 bits per heavy atom. The van der Waals surface area contributed by atoms with E-state index in [0.29, 0.717) is 5.69 Å². The summed E-state index contributed by atoms with van der Waals surface area (Å²) < 4.78 is 1.06. The molecular weight excluding hydrogens is 391 g/mol. The van der Waals surface area contributed by atoms with Gasteiger partial charge in [-0.3, -0.25) is 9.59 Å². The van der Waals surface area contributed by atoms with E-state index in [2.05, 4.69) is 27.9 Å². The Labute approximate surface area is 142 Å². The number of anilines is 2. The summed E-state index contributed by atoms with van der Waals surface area (Å²) in [7, 11) is 0. The molecule has 0 bridgehead atoms. The lowest BCUT2D eigenvalue weighted by Crippen LogP contribution is -2.34. The predicted octanol–water partition coefficient (Wildman–Crippen LogP) is 3.34. The lowest BCUT2D eigenvalue weighted by molar-refractivity contribution is -0.121. The first kappa shape index (κ1) is 15.0. The largest absolute Gasteiger partial charge is 0.373 e. The molecule has 1 atom stereocenters. The molecule has 0 radical (unpaired) electrons. The standard InChI is InChI=1S/C17H15IN2O2/c1-11-3-2-4-13(9-11)19-15-10-16(21)20(17(15)22)14-7-5-12(18)6-8-14/h2-9,15,19H,10H2,1H3/t15-/m1/s1. The summed E-state index contributed by atoms with van der Waals surface area (Å²) >= 11 is 2.19. The number of benzene rings is 2. The van der Waals surface area contributed by atoms with Gasteiger partial charge in [0.15, 0.2) is 0 Å². The molecule has 2 amide bonds. The highest BCUT2D eigenvalue weighted by Gasteiger charge is 2.39. The van der Waals surface area contributed by atoms with Gasteiger partial charge >= 0.3 is 0 Å². The summed E-state index contributed by atoms with van der Waals surface area (Å²) in [5, 5.41) is 3.16. The molecule has 0 aromatic heterocycles. The highest BCUT2D eigenvalue weighted by Crippen LogP contribution is 2.25. The third-order valence-corrected chi connectivity index (χ3v) is 4.31. The molecule has 2 aromatic carbocycles. The summed E-state index contributed by atoms with van der Waals surface area (Å²) in [6.07, 6.45) is 0.179. The quantitative estimate of drug-likeness (QED) is 0.629. The first-order chi connectivity index (χ1) is 10.5. The topological polar surface area (TPSA) is 49.4 Å². The number of hydrogen-bond donors (Lipinski definition) is 1. The van der Waals surface area contributed by atoms with Crippen molar-refractivity contribution in [1.82, 2.24) is 0 Å². The highest BCUT2D eigenvalue weighted by atomic mass is 127. The molecule has 1 saturated heterocycles. The number of amides is 2. The molecule has 4 nitrogen and oxygen atoms in total. The number of carbonyl (C=O) groups excluding carboxylic acids is 2. The van der Waals surface area contributed by atoms with E-state index < -0.39 is 6.04 Å². The number of aryl methyl sites for hydroxylation is 1. The minimum atomic E-state index is -0.506. The van der Waals surface area contributed by atoms with E-state index in [1.807, 2.05) is 43.3 Å². The zero-order chi connectivity index (χ0) is 15.7. The average molecular weight is 406 g/mol. The first-order valence-corrected chi connectivity index (χ1v) is 8.08. The van der Waals surface area contributed by atoms with Crippen LogP contribution in [-0.2, 0) is 9.59 Å². The normalized spacial score (nSPS) is 17.9. The van der Waals surface area contributed by atoms with Gasteiger partial charge in [0.2, 0.25) is 5.91 Å². The van der Waals surface area contributed by atoms with Crippen LogP contribution in [0.1, 0.15) is 12.0 Å². The van der Waals surface area contributed by atoms with E-state index in [0.717, 1.165) is 14.8 Å². The van der Waals surface area contributed by atoms with E-state index in [4.69, 9.17) is 0 Å². The maximum atomic E-state index is 12.5. The van der Waals surface area contributed by atoms with Gasteiger partial charge in [-0.15, -0.1) is 0 Å². The van der Waals surface area contributed by atoms with Gasteiger partial charge in [-0.25, -0.2) is 4.90 Å². The Hall–Kier alpha value is -1.89. The number of nitrogens with zero attached hydrogens (tertiary/aromatic N) is 1. The van der Waals surface area contributed by atoms with Crippen molar-refractivity contribution >= 4 is 45.8 Å². The number of hydrogen-bond acceptors (Lipinski definition) is 3. The maximum absolute atomic E-state index is 12.5. The monoisotopic (exact) mass is 406 g/mol. The third-order valence-electron chi connectivity index (χ3n) is 3.59. The summed E-state index contributed by atoms with van der Waals surface area (Å²) in [6, 6.07) is 14.6. The molecular formula is C17H15IN2O2. The van der Waals surface area contributed by atoms with Crippen LogP contribution in [0.25, 0.3) is 0 Å². The fourth-order valence-electron chi connectivity index (χ4n) is 2.54. The molecule has 5 heteroatoms. The number of nitrogens with one attached hydrogen (secondary N) is 1. The van der Waals surface area contributed by atoms with Crippen LogP contribution in [0.4, 0.5) is 11.4 Å². The van der Waals surface area contributed by atoms with Crippen LogP contribution < -0.4 is 10.2 Å². The zero-order valence-electron chi connectivity index (χ0n) is 12.0. The van der Waals surface area contributed by atoms with Gasteiger partial charge in [-0.2, -0.15) is 0 Å². The van der Waals surface area contributed by atoms with Gasteiger partial charge in [-0.1, -0.05) is 12.1 Å². The van der Waals surface area contributed by atoms with Gasteiger partial charge in [0.1, 0.15) is 6.04 Å². The summed E-state index contributed by atoms with van der Waals surface area (Å²) in [6.45, 7) is 1.99. The SMILES string of the molecule is Cc1cccc(N[C@@H]2CC(=O)N(c3ccc(I)cc3)C2=O)c1. The van der Waals surface area contributed by atoms with Crippen molar-refractivity contribution in [2.24, 2.45) is 0 Å².